The van der Waals surface area contributed by atoms with Crippen molar-refractivity contribution in [1.29, 1.82) is 0 Å². The lowest BCUT2D eigenvalue weighted by Crippen LogP contribution is -2.18. The van der Waals surface area contributed by atoms with Crippen LogP contribution in [-0.2, 0) is 27.6 Å². The molecule has 0 saturated heterocycles. The number of hydrogen-bond acceptors (Lipinski definition) is 5. The number of nitrogens with one attached hydrogen (secondary N) is 1. The molecule has 1 aliphatic rings. The van der Waals surface area contributed by atoms with Crippen LogP contribution in [0.1, 0.15) is 48.0 Å². The predicted octanol–water partition coefficient (Wildman–Crippen LogP) is 5.00. The molecule has 3 rings (SSSR count). The van der Waals surface area contributed by atoms with E-state index in [-0.39, 0.29) is 11.0 Å². The van der Waals surface area contributed by atoms with Crippen molar-refractivity contribution in [2.45, 2.75) is 51.0 Å². The Morgan fingerprint density at radius 1 is 1.30 bits per heavy atom. The molecule has 1 heterocycles. The summed E-state index contributed by atoms with van der Waals surface area (Å²) in [6.07, 6.45) is 2.31. The number of halogens is 1. The molecule has 1 atom stereocenters. The number of sulfonamides is 1. The van der Waals surface area contributed by atoms with Crippen LogP contribution in [0, 0.1) is 5.92 Å². The normalized spacial score (nSPS) is 16.9. The molecule has 1 N–H and O–H groups in total. The molecule has 0 fully saturated rings. The number of ether oxygens (including phenoxy) is 1. The molecule has 0 spiro atoms. The van der Waals surface area contributed by atoms with Gasteiger partial charge in [0.1, 0.15) is 5.00 Å². The molecule has 0 radical (unpaired) electrons. The van der Waals surface area contributed by atoms with E-state index >= 15 is 0 Å². The highest BCUT2D eigenvalue weighted by molar-refractivity contribution is 9.10. The second kappa shape index (κ2) is 7.93. The van der Waals surface area contributed by atoms with Crippen LogP contribution in [0.2, 0.25) is 0 Å². The minimum atomic E-state index is -3.80. The average Bonchev–Trinajstić information content (AvgIpc) is 2.90. The highest BCUT2D eigenvalue weighted by Gasteiger charge is 2.31. The van der Waals surface area contributed by atoms with Crippen LogP contribution in [0.25, 0.3) is 0 Å². The topological polar surface area (TPSA) is 72.5 Å². The van der Waals surface area contributed by atoms with E-state index in [1.165, 1.54) is 23.5 Å². The zero-order valence-corrected chi connectivity index (χ0v) is 18.6. The third-order valence-corrected chi connectivity index (χ3v) is 7.60. The summed E-state index contributed by atoms with van der Waals surface area (Å²) in [5.74, 6) is 0.0478. The van der Waals surface area contributed by atoms with Crippen molar-refractivity contribution in [2.75, 3.05) is 4.72 Å². The highest BCUT2D eigenvalue weighted by atomic mass is 79.9. The molecule has 0 saturated carbocycles. The molecule has 0 unspecified atom stereocenters. The number of esters is 1. The van der Waals surface area contributed by atoms with Crippen molar-refractivity contribution in [3.8, 4) is 0 Å². The number of thiophene rings is 1. The van der Waals surface area contributed by atoms with Gasteiger partial charge in [0.25, 0.3) is 10.0 Å². The summed E-state index contributed by atoms with van der Waals surface area (Å²) in [6.45, 7) is 5.73. The Kier molecular flexibility index (Phi) is 5.98. The van der Waals surface area contributed by atoms with Crippen molar-refractivity contribution in [3.63, 3.8) is 0 Å². The molecule has 0 bridgehead atoms. The van der Waals surface area contributed by atoms with E-state index in [0.717, 1.165) is 34.2 Å². The largest absolute Gasteiger partial charge is 0.459 e. The number of rotatable bonds is 5. The maximum absolute atomic E-state index is 12.8. The lowest BCUT2D eigenvalue weighted by Gasteiger charge is -2.19. The second-order valence-electron chi connectivity index (χ2n) is 7.07. The first-order valence-corrected chi connectivity index (χ1v) is 11.9. The van der Waals surface area contributed by atoms with Gasteiger partial charge in [-0.3, -0.25) is 4.72 Å². The average molecular weight is 472 g/mol. The van der Waals surface area contributed by atoms with Gasteiger partial charge in [-0.15, -0.1) is 11.3 Å². The van der Waals surface area contributed by atoms with Gasteiger partial charge in [0.2, 0.25) is 0 Å². The van der Waals surface area contributed by atoms with Crippen LogP contribution in [-0.4, -0.2) is 20.5 Å². The van der Waals surface area contributed by atoms with E-state index in [9.17, 15) is 13.2 Å². The van der Waals surface area contributed by atoms with E-state index in [2.05, 4.69) is 27.6 Å². The summed E-state index contributed by atoms with van der Waals surface area (Å²) in [5, 5.41) is 0.350. The fourth-order valence-electron chi connectivity index (χ4n) is 3.11. The van der Waals surface area contributed by atoms with Gasteiger partial charge in [0.05, 0.1) is 16.6 Å². The summed E-state index contributed by atoms with van der Waals surface area (Å²) in [5.41, 5.74) is 1.30. The van der Waals surface area contributed by atoms with Crippen LogP contribution in [0.4, 0.5) is 5.00 Å². The summed E-state index contributed by atoms with van der Waals surface area (Å²) in [4.78, 5) is 13.9. The van der Waals surface area contributed by atoms with Crippen molar-refractivity contribution in [2.24, 2.45) is 5.92 Å². The molecular weight excluding hydrogens is 450 g/mol. The van der Waals surface area contributed by atoms with E-state index in [4.69, 9.17) is 4.74 Å². The minimum Gasteiger partial charge on any atom is -0.459 e. The van der Waals surface area contributed by atoms with Crippen LogP contribution in [0.15, 0.2) is 33.6 Å². The van der Waals surface area contributed by atoms with E-state index in [1.807, 2.05) is 0 Å². The maximum Gasteiger partial charge on any atom is 0.341 e. The van der Waals surface area contributed by atoms with Crippen molar-refractivity contribution < 1.29 is 17.9 Å². The molecule has 0 amide bonds. The molecular formula is C19H22BrNO4S2. The van der Waals surface area contributed by atoms with Gasteiger partial charge in [-0.1, -0.05) is 22.9 Å². The SMILES string of the molecule is CC(C)OC(=O)c1c(NS(=O)(=O)c2ccc(Br)cc2)sc2c1CC[C@H](C)C2. The molecule has 1 aromatic carbocycles. The summed E-state index contributed by atoms with van der Waals surface area (Å²) in [6, 6.07) is 6.38. The number of carbonyl (C=O) groups excluding carboxylic acids is 1. The Morgan fingerprint density at radius 2 is 1.96 bits per heavy atom. The molecule has 1 aromatic heterocycles. The van der Waals surface area contributed by atoms with E-state index < -0.39 is 16.0 Å². The van der Waals surface area contributed by atoms with Crippen LogP contribution in [0.5, 0.6) is 0 Å². The fraction of sp³-hybridized carbons (Fsp3) is 0.421. The Labute approximate surface area is 172 Å². The Morgan fingerprint density at radius 3 is 2.59 bits per heavy atom. The van der Waals surface area contributed by atoms with Gasteiger partial charge >= 0.3 is 5.97 Å². The number of benzene rings is 1. The molecule has 2 aromatic rings. The quantitative estimate of drug-likeness (QED) is 0.622. The van der Waals surface area contributed by atoms with Gasteiger partial charge in [-0.25, -0.2) is 13.2 Å². The summed E-state index contributed by atoms with van der Waals surface area (Å²) < 4.78 is 34.4. The molecule has 0 aliphatic heterocycles. The second-order valence-corrected chi connectivity index (χ2v) is 10.8. The monoisotopic (exact) mass is 471 g/mol. The zero-order chi connectivity index (χ0) is 19.8. The van der Waals surface area contributed by atoms with Crippen molar-refractivity contribution in [1.82, 2.24) is 0 Å². The lowest BCUT2D eigenvalue weighted by molar-refractivity contribution is 0.0378. The molecule has 8 heteroatoms. The third-order valence-electron chi connectivity index (χ3n) is 4.41. The van der Waals surface area contributed by atoms with Crippen LogP contribution < -0.4 is 4.72 Å². The van der Waals surface area contributed by atoms with Gasteiger partial charge in [0, 0.05) is 9.35 Å². The minimum absolute atomic E-state index is 0.147. The molecule has 27 heavy (non-hydrogen) atoms. The van der Waals surface area contributed by atoms with Gasteiger partial charge < -0.3 is 4.74 Å². The smallest absolute Gasteiger partial charge is 0.341 e. The Bertz CT molecular complexity index is 949. The first kappa shape index (κ1) is 20.4. The van der Waals surface area contributed by atoms with Gasteiger partial charge in [-0.2, -0.15) is 0 Å². The zero-order valence-electron chi connectivity index (χ0n) is 15.4. The number of carbonyl (C=O) groups is 1. The molecule has 146 valence electrons. The highest BCUT2D eigenvalue weighted by Crippen LogP contribution is 2.41. The van der Waals surface area contributed by atoms with E-state index in [1.54, 1.807) is 26.0 Å². The Hall–Kier alpha value is -1.38. The van der Waals surface area contributed by atoms with E-state index in [0.29, 0.717) is 16.5 Å². The van der Waals surface area contributed by atoms with Crippen molar-refractivity contribution in [3.05, 3.63) is 44.7 Å². The van der Waals surface area contributed by atoms with Crippen LogP contribution >= 0.6 is 27.3 Å². The summed E-state index contributed by atoms with van der Waals surface area (Å²) in [7, 11) is -3.80. The Balaban J connectivity index is 2.01. The summed E-state index contributed by atoms with van der Waals surface area (Å²) >= 11 is 4.65. The third kappa shape index (κ3) is 4.55. The maximum atomic E-state index is 12.8. The molecule has 1 aliphatic carbocycles. The van der Waals surface area contributed by atoms with Crippen molar-refractivity contribution >= 4 is 48.3 Å². The van der Waals surface area contributed by atoms with Gasteiger partial charge in [0.15, 0.2) is 0 Å². The fourth-order valence-corrected chi connectivity index (χ4v) is 6.08. The first-order chi connectivity index (χ1) is 12.7. The lowest BCUT2D eigenvalue weighted by atomic mass is 9.88. The van der Waals surface area contributed by atoms with Crippen LogP contribution in [0.3, 0.4) is 0 Å². The predicted molar refractivity (Wildman–Crippen MR) is 111 cm³/mol. The number of anilines is 1. The number of fused-ring (bicyclic) bond motifs is 1. The standard InChI is InChI=1S/C19H22BrNO4S2/c1-11(2)25-19(22)17-15-9-4-12(3)10-16(15)26-18(17)21-27(23,24)14-7-5-13(20)6-8-14/h5-8,11-12,21H,4,9-10H2,1-3H3/t12-/m0/s1. The first-order valence-electron chi connectivity index (χ1n) is 8.81. The van der Waals surface area contributed by atoms with Gasteiger partial charge in [-0.05, 0) is 68.9 Å². The molecule has 5 nitrogen and oxygen atoms in total. The number of hydrogen-bond donors (Lipinski definition) is 1.